The predicted molar refractivity (Wildman–Crippen MR) is 102 cm³/mol. The van der Waals surface area contributed by atoms with Crippen molar-refractivity contribution in [1.29, 1.82) is 0 Å². The molecule has 0 saturated heterocycles. The largest absolute Gasteiger partial charge is 0.461 e. The SMILES string of the molecule is CC(=O)OCC1=CON(C(C)(C)C(=O)OC(C)(C)C)C(=O)C1c1ccccc1. The van der Waals surface area contributed by atoms with E-state index in [2.05, 4.69) is 0 Å². The third-order valence-corrected chi connectivity index (χ3v) is 4.11. The van der Waals surface area contributed by atoms with Crippen LogP contribution in [0.25, 0.3) is 0 Å². The first-order valence-corrected chi connectivity index (χ1v) is 9.05. The zero-order chi connectivity index (χ0) is 21.1. The number of amides is 1. The van der Waals surface area contributed by atoms with Gasteiger partial charge in [0.05, 0.1) is 5.92 Å². The molecule has 1 heterocycles. The molecule has 152 valence electrons. The minimum absolute atomic E-state index is 0.0820. The van der Waals surface area contributed by atoms with E-state index in [-0.39, 0.29) is 6.61 Å². The van der Waals surface area contributed by atoms with E-state index < -0.39 is 34.9 Å². The molecule has 0 aromatic heterocycles. The van der Waals surface area contributed by atoms with Gasteiger partial charge in [-0.1, -0.05) is 30.3 Å². The number of rotatable bonds is 5. The highest BCUT2D eigenvalue weighted by Gasteiger charge is 2.47. The fraction of sp³-hybridized carbons (Fsp3) is 0.476. The van der Waals surface area contributed by atoms with Gasteiger partial charge in [-0.25, -0.2) is 4.79 Å². The fourth-order valence-corrected chi connectivity index (χ4v) is 2.71. The molecular weight excluding hydrogens is 362 g/mol. The van der Waals surface area contributed by atoms with Gasteiger partial charge in [0, 0.05) is 12.5 Å². The fourth-order valence-electron chi connectivity index (χ4n) is 2.71. The molecule has 0 bridgehead atoms. The van der Waals surface area contributed by atoms with Gasteiger partial charge in [-0.2, -0.15) is 5.06 Å². The quantitative estimate of drug-likeness (QED) is 0.720. The number of hydrogen-bond acceptors (Lipinski definition) is 6. The monoisotopic (exact) mass is 389 g/mol. The van der Waals surface area contributed by atoms with Crippen LogP contribution in [0.3, 0.4) is 0 Å². The summed E-state index contributed by atoms with van der Waals surface area (Å²) < 4.78 is 10.5. The van der Waals surface area contributed by atoms with Crippen LogP contribution in [0.1, 0.15) is 53.0 Å². The Balaban J connectivity index is 2.38. The Morgan fingerprint density at radius 1 is 1.11 bits per heavy atom. The van der Waals surface area contributed by atoms with E-state index in [0.717, 1.165) is 5.06 Å². The molecule has 7 heteroatoms. The van der Waals surface area contributed by atoms with Crippen molar-refractivity contribution < 1.29 is 28.7 Å². The number of esters is 2. The van der Waals surface area contributed by atoms with E-state index in [9.17, 15) is 14.4 Å². The lowest BCUT2D eigenvalue weighted by molar-refractivity contribution is -0.214. The summed E-state index contributed by atoms with van der Waals surface area (Å²) in [6.07, 6.45) is 1.36. The third-order valence-electron chi connectivity index (χ3n) is 4.11. The number of nitrogens with zero attached hydrogens (tertiary/aromatic N) is 1. The van der Waals surface area contributed by atoms with Crippen LogP contribution in [0.15, 0.2) is 42.2 Å². The first-order chi connectivity index (χ1) is 12.9. The summed E-state index contributed by atoms with van der Waals surface area (Å²) in [6.45, 7) is 9.60. The molecule has 1 aliphatic rings. The summed E-state index contributed by atoms with van der Waals surface area (Å²) in [4.78, 5) is 42.7. The maximum Gasteiger partial charge on any atom is 0.335 e. The third kappa shape index (κ3) is 4.91. The van der Waals surface area contributed by atoms with Gasteiger partial charge in [-0.3, -0.25) is 9.59 Å². The molecule has 1 amide bonds. The number of hydroxylamine groups is 2. The Morgan fingerprint density at radius 3 is 2.25 bits per heavy atom. The van der Waals surface area contributed by atoms with Gasteiger partial charge < -0.3 is 14.3 Å². The van der Waals surface area contributed by atoms with E-state index in [1.807, 2.05) is 18.2 Å². The molecule has 2 rings (SSSR count). The zero-order valence-corrected chi connectivity index (χ0v) is 17.1. The Kier molecular flexibility index (Phi) is 6.17. The molecule has 1 aromatic carbocycles. The van der Waals surface area contributed by atoms with Crippen LogP contribution < -0.4 is 0 Å². The lowest BCUT2D eigenvalue weighted by Crippen LogP contribution is -2.56. The van der Waals surface area contributed by atoms with Crippen LogP contribution in [0.5, 0.6) is 0 Å². The van der Waals surface area contributed by atoms with Crippen molar-refractivity contribution in [2.75, 3.05) is 6.61 Å². The smallest absolute Gasteiger partial charge is 0.335 e. The first kappa shape index (κ1) is 21.5. The number of carbonyl (C=O) groups is 3. The zero-order valence-electron chi connectivity index (χ0n) is 17.1. The summed E-state index contributed by atoms with van der Waals surface area (Å²) in [5.74, 6) is -2.23. The lowest BCUT2D eigenvalue weighted by Gasteiger charge is -2.40. The molecule has 1 atom stereocenters. The second-order valence-electron chi connectivity index (χ2n) is 8.12. The number of ether oxygens (including phenoxy) is 2. The summed E-state index contributed by atoms with van der Waals surface area (Å²) in [5.41, 5.74) is -0.870. The van der Waals surface area contributed by atoms with Crippen LogP contribution in [0, 0.1) is 0 Å². The van der Waals surface area contributed by atoms with Crippen molar-refractivity contribution in [2.45, 2.75) is 58.6 Å². The van der Waals surface area contributed by atoms with E-state index in [1.54, 1.807) is 46.8 Å². The second-order valence-corrected chi connectivity index (χ2v) is 8.12. The normalized spacial score (nSPS) is 17.5. The standard InChI is InChI=1S/C21H27NO6/c1-14(23)26-12-16-13-27-22(21(5,6)19(25)28-20(2,3)4)18(24)17(16)15-10-8-7-9-11-15/h7-11,13,17H,12H2,1-6H3. The summed E-state index contributed by atoms with van der Waals surface area (Å²) in [6, 6.07) is 9.06. The molecular formula is C21H27NO6. The van der Waals surface area contributed by atoms with Crippen LogP contribution in [-0.4, -0.2) is 40.7 Å². The van der Waals surface area contributed by atoms with Gasteiger partial charge in [0.25, 0.3) is 5.91 Å². The first-order valence-electron chi connectivity index (χ1n) is 9.05. The summed E-state index contributed by atoms with van der Waals surface area (Å²) in [5, 5.41) is 1.02. The predicted octanol–water partition coefficient (Wildman–Crippen LogP) is 3.11. The topological polar surface area (TPSA) is 82.1 Å². The molecule has 1 aromatic rings. The van der Waals surface area contributed by atoms with Crippen molar-refractivity contribution in [3.63, 3.8) is 0 Å². The Labute approximate surface area is 165 Å². The molecule has 1 aliphatic heterocycles. The van der Waals surface area contributed by atoms with E-state index in [1.165, 1.54) is 13.2 Å². The van der Waals surface area contributed by atoms with Gasteiger partial charge in [-0.15, -0.1) is 0 Å². The van der Waals surface area contributed by atoms with Gasteiger partial charge in [0.15, 0.2) is 5.54 Å². The van der Waals surface area contributed by atoms with Gasteiger partial charge in [0.1, 0.15) is 18.5 Å². The Hall–Kier alpha value is -2.83. The Morgan fingerprint density at radius 2 is 1.71 bits per heavy atom. The van der Waals surface area contributed by atoms with Crippen LogP contribution in [-0.2, 0) is 28.7 Å². The molecule has 0 radical (unpaired) electrons. The van der Waals surface area contributed by atoms with E-state index >= 15 is 0 Å². The highest BCUT2D eigenvalue weighted by molar-refractivity contribution is 5.92. The van der Waals surface area contributed by atoms with Crippen molar-refractivity contribution >= 4 is 17.8 Å². The molecule has 0 saturated carbocycles. The molecule has 1 unspecified atom stereocenters. The van der Waals surface area contributed by atoms with Crippen molar-refractivity contribution in [3.05, 3.63) is 47.7 Å². The molecule has 0 fully saturated rings. The highest BCUT2D eigenvalue weighted by Crippen LogP contribution is 2.35. The average Bonchev–Trinajstić information content (AvgIpc) is 2.58. The maximum absolute atomic E-state index is 13.3. The van der Waals surface area contributed by atoms with Crippen molar-refractivity contribution in [2.24, 2.45) is 0 Å². The minimum Gasteiger partial charge on any atom is -0.461 e. The Bertz CT molecular complexity index is 776. The second kappa shape index (κ2) is 8.04. The van der Waals surface area contributed by atoms with Crippen LogP contribution >= 0.6 is 0 Å². The van der Waals surface area contributed by atoms with Gasteiger partial charge in [0.2, 0.25) is 0 Å². The van der Waals surface area contributed by atoms with Crippen LogP contribution in [0.2, 0.25) is 0 Å². The minimum atomic E-state index is -1.36. The lowest BCUT2D eigenvalue weighted by atomic mass is 9.89. The van der Waals surface area contributed by atoms with E-state index in [0.29, 0.717) is 11.1 Å². The van der Waals surface area contributed by atoms with Crippen molar-refractivity contribution in [1.82, 2.24) is 5.06 Å². The molecule has 28 heavy (non-hydrogen) atoms. The summed E-state index contributed by atoms with van der Waals surface area (Å²) in [7, 11) is 0. The number of hydrogen-bond donors (Lipinski definition) is 0. The van der Waals surface area contributed by atoms with Gasteiger partial charge in [-0.05, 0) is 40.2 Å². The molecule has 7 nitrogen and oxygen atoms in total. The highest BCUT2D eigenvalue weighted by atomic mass is 16.7. The van der Waals surface area contributed by atoms with Crippen molar-refractivity contribution in [3.8, 4) is 0 Å². The molecule has 0 N–H and O–H groups in total. The number of benzene rings is 1. The molecule has 0 spiro atoms. The summed E-state index contributed by atoms with van der Waals surface area (Å²) >= 11 is 0. The maximum atomic E-state index is 13.3. The average molecular weight is 389 g/mol. The van der Waals surface area contributed by atoms with E-state index in [4.69, 9.17) is 14.3 Å². The van der Waals surface area contributed by atoms with Crippen LogP contribution in [0.4, 0.5) is 0 Å². The number of carbonyl (C=O) groups excluding carboxylic acids is 3. The molecule has 0 aliphatic carbocycles. The van der Waals surface area contributed by atoms with Gasteiger partial charge >= 0.3 is 11.9 Å².